The third kappa shape index (κ3) is 3.95. The van der Waals surface area contributed by atoms with E-state index in [0.717, 1.165) is 0 Å². The van der Waals surface area contributed by atoms with Crippen LogP contribution in [0.4, 0.5) is 0 Å². The zero-order chi connectivity index (χ0) is 21.5. The van der Waals surface area contributed by atoms with Crippen LogP contribution in [0.3, 0.4) is 0 Å². The minimum Gasteiger partial charge on any atom is -0.505 e. The van der Waals surface area contributed by atoms with Crippen LogP contribution in [0.25, 0.3) is 11.0 Å². The van der Waals surface area contributed by atoms with Crippen molar-refractivity contribution in [3.05, 3.63) is 56.8 Å². The normalized spacial score (nSPS) is 11.1. The molecule has 0 saturated carbocycles. The van der Waals surface area contributed by atoms with Crippen LogP contribution in [-0.4, -0.2) is 45.3 Å². The molecule has 0 aliphatic carbocycles. The number of phenols is 1. The lowest BCUT2D eigenvalue weighted by atomic mass is 9.96. The minimum absolute atomic E-state index is 0.0694. The lowest BCUT2D eigenvalue weighted by molar-refractivity contribution is 0.0825. The van der Waals surface area contributed by atoms with Crippen molar-refractivity contribution < 1.29 is 14.7 Å². The van der Waals surface area contributed by atoms with Crippen LogP contribution in [0.1, 0.15) is 38.5 Å². The second kappa shape index (κ2) is 8.05. The van der Waals surface area contributed by atoms with E-state index in [2.05, 4.69) is 4.98 Å². The van der Waals surface area contributed by atoms with E-state index in [4.69, 9.17) is 23.2 Å². The molecular formula is C21H21Cl2N3O3. The molecule has 8 heteroatoms. The van der Waals surface area contributed by atoms with Gasteiger partial charge in [-0.15, -0.1) is 0 Å². The van der Waals surface area contributed by atoms with Gasteiger partial charge in [0.15, 0.2) is 5.78 Å². The molecule has 0 atom stereocenters. The summed E-state index contributed by atoms with van der Waals surface area (Å²) in [5, 5.41) is 11.6. The average molecular weight is 434 g/mol. The van der Waals surface area contributed by atoms with Crippen LogP contribution in [0.5, 0.6) is 5.75 Å². The molecule has 3 aromatic rings. The van der Waals surface area contributed by atoms with Gasteiger partial charge in [0.1, 0.15) is 17.1 Å². The van der Waals surface area contributed by atoms with Gasteiger partial charge in [0.05, 0.1) is 10.5 Å². The van der Waals surface area contributed by atoms with Gasteiger partial charge >= 0.3 is 0 Å². The van der Waals surface area contributed by atoms with Crippen LogP contribution in [0.15, 0.2) is 24.3 Å². The third-order valence-corrected chi connectivity index (χ3v) is 5.50. The van der Waals surface area contributed by atoms with E-state index in [-0.39, 0.29) is 35.3 Å². The minimum atomic E-state index is -0.256. The molecule has 0 radical (unpaired) electrons. The molecule has 0 aliphatic rings. The number of aromatic nitrogens is 2. The number of ketones is 1. The van der Waals surface area contributed by atoms with E-state index >= 15 is 0 Å². The highest BCUT2D eigenvalue weighted by atomic mass is 35.5. The largest absolute Gasteiger partial charge is 0.505 e. The molecule has 0 aliphatic heterocycles. The number of fused-ring (bicyclic) bond motifs is 1. The molecule has 1 heterocycles. The van der Waals surface area contributed by atoms with Gasteiger partial charge in [-0.3, -0.25) is 9.59 Å². The molecule has 0 saturated heterocycles. The number of rotatable bonds is 5. The summed E-state index contributed by atoms with van der Waals surface area (Å²) in [6.45, 7) is 1.82. The number of aromatic hydroxyl groups is 1. The summed E-state index contributed by atoms with van der Waals surface area (Å²) in [6.07, 6.45) is 0.240. The first kappa shape index (κ1) is 21.1. The fourth-order valence-corrected chi connectivity index (χ4v) is 3.75. The molecule has 6 nitrogen and oxygen atoms in total. The second-order valence-corrected chi connectivity index (χ2v) is 7.93. The van der Waals surface area contributed by atoms with Gasteiger partial charge < -0.3 is 14.6 Å². The molecule has 0 spiro atoms. The number of halogens is 2. The van der Waals surface area contributed by atoms with Gasteiger partial charge in [-0.2, -0.15) is 0 Å². The number of aryl methyl sites for hydroxylation is 2. The van der Waals surface area contributed by atoms with Gasteiger partial charge in [0.2, 0.25) is 0 Å². The summed E-state index contributed by atoms with van der Waals surface area (Å²) >= 11 is 12.0. The molecular weight excluding hydrogens is 413 g/mol. The zero-order valence-electron chi connectivity index (χ0n) is 16.6. The first-order valence-electron chi connectivity index (χ1n) is 8.99. The highest BCUT2D eigenvalue weighted by Crippen LogP contribution is 2.34. The Morgan fingerprint density at radius 3 is 2.48 bits per heavy atom. The summed E-state index contributed by atoms with van der Waals surface area (Å²) < 4.78 is 1.81. The van der Waals surface area contributed by atoms with Crippen LogP contribution in [-0.2, 0) is 13.5 Å². The topological polar surface area (TPSA) is 75.4 Å². The number of phenolic OH excluding ortho intramolecular Hbond substituents is 1. The molecule has 0 fully saturated rings. The fourth-order valence-electron chi connectivity index (χ4n) is 3.23. The van der Waals surface area contributed by atoms with Crippen molar-refractivity contribution in [2.45, 2.75) is 19.8 Å². The highest BCUT2D eigenvalue weighted by molar-refractivity contribution is 6.36. The van der Waals surface area contributed by atoms with Crippen molar-refractivity contribution in [2.75, 3.05) is 14.1 Å². The van der Waals surface area contributed by atoms with Crippen molar-refractivity contribution in [2.24, 2.45) is 7.05 Å². The van der Waals surface area contributed by atoms with Crippen LogP contribution >= 0.6 is 23.2 Å². The van der Waals surface area contributed by atoms with Crippen LogP contribution < -0.4 is 0 Å². The summed E-state index contributed by atoms with van der Waals surface area (Å²) in [5.74, 6) is 0.172. The SMILES string of the molecule is Cc1nc2c(O)c(CCC(=O)c3ccc(Cl)cc3Cl)c(C(=O)N(C)C)cc2n1C. The molecule has 3 rings (SSSR count). The van der Waals surface area contributed by atoms with E-state index in [1.807, 2.05) is 18.5 Å². The standard InChI is InChI=1S/C21H21Cl2N3O3/c1-11-24-19-17(26(11)4)10-15(21(29)25(2)3)13(20(19)28)7-8-18(27)14-6-5-12(22)9-16(14)23/h5-6,9-10,28H,7-8H2,1-4H3. The molecule has 1 N–H and O–H groups in total. The fraction of sp³-hybridized carbons (Fsp3) is 0.286. The Kier molecular flexibility index (Phi) is 5.87. The third-order valence-electron chi connectivity index (χ3n) is 4.95. The predicted molar refractivity (Wildman–Crippen MR) is 114 cm³/mol. The molecule has 0 unspecified atom stereocenters. The average Bonchev–Trinajstić information content (AvgIpc) is 2.94. The molecule has 2 aromatic carbocycles. The smallest absolute Gasteiger partial charge is 0.253 e. The van der Waals surface area contributed by atoms with E-state index in [1.54, 1.807) is 32.3 Å². The van der Waals surface area contributed by atoms with Crippen molar-refractivity contribution in [1.29, 1.82) is 0 Å². The Bertz CT molecular complexity index is 1140. The maximum absolute atomic E-state index is 12.7. The van der Waals surface area contributed by atoms with Gasteiger partial charge in [-0.25, -0.2) is 4.98 Å². The van der Waals surface area contributed by atoms with Crippen molar-refractivity contribution in [3.63, 3.8) is 0 Å². The molecule has 1 amide bonds. The Morgan fingerprint density at radius 1 is 1.17 bits per heavy atom. The van der Waals surface area contributed by atoms with Gasteiger partial charge in [0, 0.05) is 49.3 Å². The Labute approximate surface area is 178 Å². The van der Waals surface area contributed by atoms with Crippen LogP contribution in [0, 0.1) is 6.92 Å². The number of nitrogens with zero attached hydrogens (tertiary/aromatic N) is 3. The van der Waals surface area contributed by atoms with Gasteiger partial charge in [-0.05, 0) is 37.6 Å². The lowest BCUT2D eigenvalue weighted by Crippen LogP contribution is -2.23. The van der Waals surface area contributed by atoms with Crippen molar-refractivity contribution >= 4 is 45.9 Å². The predicted octanol–water partition coefficient (Wildman–Crippen LogP) is 4.41. The molecule has 152 valence electrons. The zero-order valence-corrected chi connectivity index (χ0v) is 18.1. The first-order chi connectivity index (χ1) is 13.6. The number of Topliss-reactive ketones (excluding diaryl/α,β-unsaturated/α-hetero) is 1. The number of hydrogen-bond donors (Lipinski definition) is 1. The first-order valence-corrected chi connectivity index (χ1v) is 9.75. The summed E-state index contributed by atoms with van der Waals surface area (Å²) in [7, 11) is 5.10. The van der Waals surface area contributed by atoms with E-state index < -0.39 is 0 Å². The number of carbonyl (C=O) groups is 2. The number of amides is 1. The van der Waals surface area contributed by atoms with Gasteiger partial charge in [0.25, 0.3) is 5.91 Å². The Balaban J connectivity index is 2.03. The monoisotopic (exact) mass is 433 g/mol. The van der Waals surface area contributed by atoms with Crippen LogP contribution in [0.2, 0.25) is 10.0 Å². The van der Waals surface area contributed by atoms with Crippen molar-refractivity contribution in [1.82, 2.24) is 14.5 Å². The van der Waals surface area contributed by atoms with Crippen molar-refractivity contribution in [3.8, 4) is 5.75 Å². The molecule has 1 aromatic heterocycles. The highest BCUT2D eigenvalue weighted by Gasteiger charge is 2.23. The molecule has 0 bridgehead atoms. The Morgan fingerprint density at radius 2 is 1.86 bits per heavy atom. The maximum atomic E-state index is 12.7. The van der Waals surface area contributed by atoms with E-state index in [0.29, 0.717) is 38.6 Å². The number of carbonyl (C=O) groups excluding carboxylic acids is 2. The van der Waals surface area contributed by atoms with E-state index in [9.17, 15) is 14.7 Å². The quantitative estimate of drug-likeness (QED) is 0.604. The number of benzene rings is 2. The maximum Gasteiger partial charge on any atom is 0.253 e. The van der Waals surface area contributed by atoms with E-state index in [1.165, 1.54) is 11.0 Å². The number of hydrogen-bond acceptors (Lipinski definition) is 4. The molecule has 29 heavy (non-hydrogen) atoms. The summed E-state index contributed by atoms with van der Waals surface area (Å²) in [6, 6.07) is 6.40. The van der Waals surface area contributed by atoms with Gasteiger partial charge in [-0.1, -0.05) is 23.2 Å². The second-order valence-electron chi connectivity index (χ2n) is 7.08. The summed E-state index contributed by atoms with van der Waals surface area (Å²) in [5.41, 5.74) is 2.16. The summed E-state index contributed by atoms with van der Waals surface area (Å²) in [4.78, 5) is 31.3. The lowest BCUT2D eigenvalue weighted by Gasteiger charge is -2.16. The Hall–Kier alpha value is -2.57. The number of imidazole rings is 1.